The first-order valence-corrected chi connectivity index (χ1v) is 17.3. The van der Waals surface area contributed by atoms with E-state index in [2.05, 4.69) is 41.9 Å². The number of benzene rings is 2. The maximum absolute atomic E-state index is 14.0. The van der Waals surface area contributed by atoms with Crippen LogP contribution in [0.4, 0.5) is 4.39 Å². The van der Waals surface area contributed by atoms with Crippen molar-refractivity contribution in [2.24, 2.45) is 16.5 Å². The molecule has 1 unspecified atom stereocenters. The van der Waals surface area contributed by atoms with E-state index in [9.17, 15) is 38.3 Å². The predicted octanol–water partition coefficient (Wildman–Crippen LogP) is -0.414. The molecule has 1 aliphatic rings. The fourth-order valence-electron chi connectivity index (χ4n) is 5.67. The van der Waals surface area contributed by atoms with E-state index in [1.165, 1.54) is 35.1 Å². The SMILES string of the molecule is NC(N)=NCCC[C@@H]1NC(=O)[C@H](CCCCNC(=O)c2ccc(F)cc2)n2cc(nn2)[C@H](Cc2ccccc2)NC(=O)C(CC(=O)O)NC(=O)CNC1=O. The molecule has 2 bridgehead atoms. The number of hydrogen-bond acceptors (Lipinski definition) is 9. The molecule has 18 nitrogen and oxygen atoms in total. The predicted molar refractivity (Wildman–Crippen MR) is 192 cm³/mol. The lowest BCUT2D eigenvalue weighted by Crippen LogP contribution is -2.53. The highest BCUT2D eigenvalue weighted by atomic mass is 19.1. The van der Waals surface area contributed by atoms with E-state index in [4.69, 9.17) is 11.5 Å². The summed E-state index contributed by atoms with van der Waals surface area (Å²) in [4.78, 5) is 81.8. The number of amides is 5. The fraction of sp³-hybridized carbons (Fsp3) is 0.400. The number of aliphatic imine (C=N–C) groups is 1. The molecule has 4 rings (SSSR count). The Balaban J connectivity index is 1.62. The van der Waals surface area contributed by atoms with Gasteiger partial charge >= 0.3 is 5.97 Å². The lowest BCUT2D eigenvalue weighted by Gasteiger charge is -2.24. The average molecular weight is 750 g/mol. The normalized spacial score (nSPS) is 19.4. The summed E-state index contributed by atoms with van der Waals surface area (Å²) in [7, 11) is 0. The Labute approximate surface area is 309 Å². The number of guanidine groups is 1. The van der Waals surface area contributed by atoms with Gasteiger partial charge in [-0.05, 0) is 68.4 Å². The van der Waals surface area contributed by atoms with Crippen molar-refractivity contribution in [3.8, 4) is 0 Å². The number of fused-ring (bicyclic) bond motifs is 2. The van der Waals surface area contributed by atoms with E-state index < -0.39 is 78.5 Å². The number of carbonyl (C=O) groups is 6. The van der Waals surface area contributed by atoms with E-state index in [-0.39, 0.29) is 56.0 Å². The van der Waals surface area contributed by atoms with Crippen LogP contribution in [0, 0.1) is 5.82 Å². The molecular weight excluding hydrogens is 705 g/mol. The Morgan fingerprint density at radius 3 is 2.31 bits per heavy atom. The number of carboxylic acid groups (broad SMARTS) is 1. The maximum atomic E-state index is 14.0. The van der Waals surface area contributed by atoms with Crippen molar-refractivity contribution in [2.75, 3.05) is 19.6 Å². The number of carboxylic acids is 1. The summed E-state index contributed by atoms with van der Waals surface area (Å²) in [6, 6.07) is 9.66. The van der Waals surface area contributed by atoms with Crippen LogP contribution in [0.25, 0.3) is 0 Å². The van der Waals surface area contributed by atoms with Crippen LogP contribution in [-0.4, -0.2) is 93.3 Å². The molecule has 0 spiro atoms. The lowest BCUT2D eigenvalue weighted by atomic mass is 10.0. The molecule has 0 fully saturated rings. The van der Waals surface area contributed by atoms with Gasteiger partial charge in [0, 0.05) is 18.7 Å². The minimum absolute atomic E-state index is 0.0733. The smallest absolute Gasteiger partial charge is 0.305 e. The van der Waals surface area contributed by atoms with Gasteiger partial charge in [0.25, 0.3) is 5.91 Å². The highest BCUT2D eigenvalue weighted by Gasteiger charge is 2.31. The minimum Gasteiger partial charge on any atom is -0.481 e. The second-order valence-corrected chi connectivity index (χ2v) is 12.6. The minimum atomic E-state index is -1.50. The summed E-state index contributed by atoms with van der Waals surface area (Å²) in [5, 5.41) is 31.1. The van der Waals surface area contributed by atoms with Gasteiger partial charge in [-0.3, -0.25) is 33.8 Å². The quantitative estimate of drug-likeness (QED) is 0.0596. The lowest BCUT2D eigenvalue weighted by molar-refractivity contribution is -0.141. The van der Waals surface area contributed by atoms with Crippen molar-refractivity contribution < 1.29 is 38.3 Å². The molecule has 5 amide bonds. The van der Waals surface area contributed by atoms with Gasteiger partial charge in [-0.2, -0.15) is 0 Å². The number of unbranched alkanes of at least 4 members (excludes halogenated alkanes) is 1. The van der Waals surface area contributed by atoms with Gasteiger partial charge in [-0.1, -0.05) is 35.5 Å². The monoisotopic (exact) mass is 749 g/mol. The number of rotatable bonds is 14. The summed E-state index contributed by atoms with van der Waals surface area (Å²) in [6.45, 7) is -0.227. The zero-order chi connectivity index (χ0) is 39.0. The number of carbonyl (C=O) groups excluding carboxylic acids is 5. The molecule has 0 saturated heterocycles. The number of halogens is 1. The van der Waals surface area contributed by atoms with Gasteiger partial charge in [-0.15, -0.1) is 5.10 Å². The first-order chi connectivity index (χ1) is 25.9. The van der Waals surface area contributed by atoms with Gasteiger partial charge in [0.05, 0.1) is 25.2 Å². The number of nitrogens with one attached hydrogen (secondary N) is 5. The molecule has 0 aliphatic carbocycles. The van der Waals surface area contributed by atoms with Crippen LogP contribution in [-0.2, 0) is 30.4 Å². The number of nitrogens with two attached hydrogens (primary N) is 2. The summed E-state index contributed by atoms with van der Waals surface area (Å²) in [5.41, 5.74) is 12.2. The number of aliphatic carboxylic acids is 1. The van der Waals surface area contributed by atoms with E-state index >= 15 is 0 Å². The molecule has 54 heavy (non-hydrogen) atoms. The largest absolute Gasteiger partial charge is 0.481 e. The second kappa shape index (κ2) is 20.0. The van der Waals surface area contributed by atoms with Crippen LogP contribution in [0.2, 0.25) is 0 Å². The summed E-state index contributed by atoms with van der Waals surface area (Å²) in [5.74, 6) is -5.32. The van der Waals surface area contributed by atoms with Gasteiger partial charge in [0.2, 0.25) is 23.6 Å². The summed E-state index contributed by atoms with van der Waals surface area (Å²) < 4.78 is 14.6. The molecular formula is C35H44FN11O7. The van der Waals surface area contributed by atoms with Crippen molar-refractivity contribution in [3.63, 3.8) is 0 Å². The van der Waals surface area contributed by atoms with E-state index in [0.717, 1.165) is 5.56 Å². The third-order valence-electron chi connectivity index (χ3n) is 8.43. The van der Waals surface area contributed by atoms with Gasteiger partial charge in [0.1, 0.15) is 29.6 Å². The highest BCUT2D eigenvalue weighted by Crippen LogP contribution is 2.21. The van der Waals surface area contributed by atoms with E-state index in [0.29, 0.717) is 12.8 Å². The maximum Gasteiger partial charge on any atom is 0.305 e. The standard InChI is InChI=1S/C35H44FN11O7/c36-23-13-11-22(12-14-23)31(51)39-15-5-4-10-28-34(54)43-24(9-6-16-40-35(37)38)32(52)41-19-29(48)42-26(18-30(49)50)33(53)44-25(27-20-47(28)46-45-27)17-21-7-2-1-3-8-21/h1-3,7-8,11-14,20,24-26,28H,4-6,9-10,15-19H2,(H,39,51)(H,41,52)(H,42,48)(H,43,54)(H,44,53)(H,49,50)(H4,37,38,40)/t24-,25-,26?,28-/m0/s1. The van der Waals surface area contributed by atoms with Gasteiger partial charge in [0.15, 0.2) is 5.96 Å². The van der Waals surface area contributed by atoms with Crippen LogP contribution in [0.15, 0.2) is 65.8 Å². The Kier molecular flexibility index (Phi) is 15.0. The fourth-order valence-corrected chi connectivity index (χ4v) is 5.67. The zero-order valence-corrected chi connectivity index (χ0v) is 29.4. The number of nitrogens with zero attached hydrogens (tertiary/aromatic N) is 4. The summed E-state index contributed by atoms with van der Waals surface area (Å²) in [6.07, 6.45) is 2.32. The number of aromatic nitrogens is 3. The Bertz CT molecular complexity index is 1800. The zero-order valence-electron chi connectivity index (χ0n) is 29.4. The van der Waals surface area contributed by atoms with Crippen LogP contribution < -0.4 is 38.1 Å². The molecule has 2 heterocycles. The van der Waals surface area contributed by atoms with Crippen LogP contribution in [0.1, 0.15) is 72.2 Å². The molecule has 0 saturated carbocycles. The topological polar surface area (TPSA) is 278 Å². The van der Waals surface area contributed by atoms with Crippen LogP contribution in [0.5, 0.6) is 0 Å². The van der Waals surface area contributed by atoms with Crippen molar-refractivity contribution >= 4 is 41.5 Å². The first kappa shape index (κ1) is 40.4. The Hall–Kier alpha value is -6.40. The summed E-state index contributed by atoms with van der Waals surface area (Å²) >= 11 is 0. The Morgan fingerprint density at radius 2 is 1.61 bits per heavy atom. The van der Waals surface area contributed by atoms with E-state index in [1.807, 2.05) is 30.3 Å². The molecule has 1 aromatic heterocycles. The van der Waals surface area contributed by atoms with Gasteiger partial charge < -0.3 is 43.2 Å². The second-order valence-electron chi connectivity index (χ2n) is 12.6. The molecule has 1 aliphatic heterocycles. The van der Waals surface area contributed by atoms with Crippen molar-refractivity contribution in [3.05, 3.63) is 83.4 Å². The Morgan fingerprint density at radius 1 is 0.889 bits per heavy atom. The molecule has 0 radical (unpaired) electrons. The molecule has 10 N–H and O–H groups in total. The van der Waals surface area contributed by atoms with Crippen molar-refractivity contribution in [1.82, 2.24) is 41.6 Å². The highest BCUT2D eigenvalue weighted by molar-refractivity contribution is 5.95. The van der Waals surface area contributed by atoms with Crippen LogP contribution in [0.3, 0.4) is 0 Å². The van der Waals surface area contributed by atoms with E-state index in [1.54, 1.807) is 0 Å². The van der Waals surface area contributed by atoms with Crippen LogP contribution >= 0.6 is 0 Å². The molecule has 19 heteroatoms. The molecule has 2 aromatic carbocycles. The third kappa shape index (κ3) is 12.7. The average Bonchev–Trinajstić information content (AvgIpc) is 3.62. The first-order valence-electron chi connectivity index (χ1n) is 17.3. The molecule has 288 valence electrons. The molecule has 4 atom stereocenters. The number of hydrogen-bond donors (Lipinski definition) is 8. The molecule has 3 aromatic rings. The van der Waals surface area contributed by atoms with Crippen molar-refractivity contribution in [1.29, 1.82) is 0 Å². The van der Waals surface area contributed by atoms with Crippen molar-refractivity contribution in [2.45, 2.75) is 69.1 Å². The third-order valence-corrected chi connectivity index (χ3v) is 8.43. The van der Waals surface area contributed by atoms with Gasteiger partial charge in [-0.25, -0.2) is 9.07 Å².